The number of nitrogens with zero attached hydrogens (tertiary/aromatic N) is 1. The number of hydrogen-bond acceptors (Lipinski definition) is 3. The molecule has 2 N–H and O–H groups in total. The van der Waals surface area contributed by atoms with Crippen LogP contribution in [0.15, 0.2) is 54.9 Å². The van der Waals surface area contributed by atoms with Crippen LogP contribution in [0.3, 0.4) is 0 Å². The number of hydrogen-bond donors (Lipinski definition) is 2. The van der Waals surface area contributed by atoms with Crippen molar-refractivity contribution >= 4 is 16.8 Å². The monoisotopic (exact) mass is 317 g/mol. The summed E-state index contributed by atoms with van der Waals surface area (Å²) in [5.41, 5.74) is 2.03. The molecule has 2 amide bonds. The number of carbonyl (C=O) groups excluding carboxylic acids is 1. The molecular formula is C16H19N3O2S. The topological polar surface area (TPSA) is 71.1 Å². The minimum Gasteiger partial charge on any atom is -0.337 e. The van der Waals surface area contributed by atoms with E-state index in [0.717, 1.165) is 11.1 Å². The van der Waals surface area contributed by atoms with Gasteiger partial charge in [0.2, 0.25) is 0 Å². The highest BCUT2D eigenvalue weighted by atomic mass is 32.2. The number of carbonyl (C=O) groups is 1. The summed E-state index contributed by atoms with van der Waals surface area (Å²) >= 11 is 0. The first-order chi connectivity index (χ1) is 10.7. The molecule has 5 nitrogen and oxygen atoms in total. The van der Waals surface area contributed by atoms with Crippen molar-refractivity contribution in [2.45, 2.75) is 12.3 Å². The molecule has 1 heterocycles. The molecule has 2 aromatic rings. The van der Waals surface area contributed by atoms with Gasteiger partial charge in [-0.3, -0.25) is 9.19 Å². The lowest BCUT2D eigenvalue weighted by Crippen LogP contribution is -2.37. The Morgan fingerprint density at radius 2 is 1.73 bits per heavy atom. The summed E-state index contributed by atoms with van der Waals surface area (Å²) in [4.78, 5) is 15.5. The lowest BCUT2D eigenvalue weighted by Gasteiger charge is -2.07. The molecule has 0 spiro atoms. The van der Waals surface area contributed by atoms with Gasteiger partial charge in [-0.15, -0.1) is 0 Å². The molecule has 2 rings (SSSR count). The Hall–Kier alpha value is -2.21. The quantitative estimate of drug-likeness (QED) is 0.818. The standard InChI is InChI=1S/C16H19N3O2S/c20-16(19-12-14-6-8-17-9-7-14)18-10-11-22(21)13-15-4-2-1-3-5-15/h1-9H,10-13H2,(H2,18,19,20). The van der Waals surface area contributed by atoms with Gasteiger partial charge in [0.05, 0.1) is 0 Å². The van der Waals surface area contributed by atoms with Gasteiger partial charge in [0.1, 0.15) is 0 Å². The number of urea groups is 1. The zero-order valence-corrected chi connectivity index (χ0v) is 13.0. The second-order valence-corrected chi connectivity index (χ2v) is 6.32. The van der Waals surface area contributed by atoms with E-state index in [1.54, 1.807) is 12.4 Å². The molecule has 1 aromatic heterocycles. The lowest BCUT2D eigenvalue weighted by atomic mass is 10.2. The number of amides is 2. The van der Waals surface area contributed by atoms with Gasteiger partial charge in [-0.1, -0.05) is 30.3 Å². The minimum absolute atomic E-state index is 0.256. The molecule has 0 aliphatic carbocycles. The van der Waals surface area contributed by atoms with Crippen molar-refractivity contribution in [3.63, 3.8) is 0 Å². The summed E-state index contributed by atoms with van der Waals surface area (Å²) < 4.78 is 11.9. The van der Waals surface area contributed by atoms with Crippen molar-refractivity contribution in [3.05, 3.63) is 66.0 Å². The molecule has 1 unspecified atom stereocenters. The first-order valence-corrected chi connectivity index (χ1v) is 8.52. The molecule has 116 valence electrons. The maximum Gasteiger partial charge on any atom is 0.315 e. The predicted octanol–water partition coefficient (Wildman–Crippen LogP) is 1.83. The summed E-state index contributed by atoms with van der Waals surface area (Å²) in [5.74, 6) is 0.957. The second kappa shape index (κ2) is 8.94. The van der Waals surface area contributed by atoms with Crippen LogP contribution < -0.4 is 10.6 Å². The SMILES string of the molecule is O=C(NCCS(=O)Cc1ccccc1)NCc1ccncc1. The normalized spacial score (nSPS) is 11.6. The van der Waals surface area contributed by atoms with Crippen LogP contribution in [0.2, 0.25) is 0 Å². The van der Waals surface area contributed by atoms with E-state index >= 15 is 0 Å². The Labute approximate surface area is 132 Å². The molecule has 0 fully saturated rings. The van der Waals surface area contributed by atoms with Gasteiger partial charge in [-0.05, 0) is 23.3 Å². The van der Waals surface area contributed by atoms with E-state index in [1.807, 2.05) is 42.5 Å². The largest absolute Gasteiger partial charge is 0.337 e. The van der Waals surface area contributed by atoms with Crippen LogP contribution >= 0.6 is 0 Å². The first kappa shape index (κ1) is 16.2. The maximum absolute atomic E-state index is 11.9. The average molecular weight is 317 g/mol. The first-order valence-electron chi connectivity index (χ1n) is 7.03. The van der Waals surface area contributed by atoms with Crippen LogP contribution in [0.5, 0.6) is 0 Å². The summed E-state index contributed by atoms with van der Waals surface area (Å²) in [6, 6.07) is 13.1. The van der Waals surface area contributed by atoms with Crippen LogP contribution in [0.1, 0.15) is 11.1 Å². The highest BCUT2D eigenvalue weighted by Crippen LogP contribution is 2.02. The van der Waals surface area contributed by atoms with Gasteiger partial charge in [-0.2, -0.15) is 0 Å². The van der Waals surface area contributed by atoms with Crippen LogP contribution in [0.25, 0.3) is 0 Å². The summed E-state index contributed by atoms with van der Waals surface area (Å²) in [7, 11) is -0.978. The zero-order valence-electron chi connectivity index (χ0n) is 12.2. The van der Waals surface area contributed by atoms with Gasteiger partial charge in [0.15, 0.2) is 0 Å². The molecule has 22 heavy (non-hydrogen) atoms. The predicted molar refractivity (Wildman–Crippen MR) is 87.6 cm³/mol. The van der Waals surface area contributed by atoms with E-state index in [4.69, 9.17) is 0 Å². The number of benzene rings is 1. The molecular weight excluding hydrogens is 298 g/mol. The molecule has 0 aliphatic heterocycles. The Kier molecular flexibility index (Phi) is 6.57. The molecule has 0 saturated carbocycles. The number of nitrogens with one attached hydrogen (secondary N) is 2. The smallest absolute Gasteiger partial charge is 0.315 e. The summed E-state index contributed by atoms with van der Waals surface area (Å²) in [5, 5.41) is 5.46. The Morgan fingerprint density at radius 1 is 1.00 bits per heavy atom. The van der Waals surface area contributed by atoms with E-state index in [-0.39, 0.29) is 6.03 Å². The Morgan fingerprint density at radius 3 is 2.45 bits per heavy atom. The highest BCUT2D eigenvalue weighted by molar-refractivity contribution is 7.84. The molecule has 0 saturated heterocycles. The van der Waals surface area contributed by atoms with E-state index in [9.17, 15) is 9.00 Å². The van der Waals surface area contributed by atoms with Crippen molar-refractivity contribution in [1.29, 1.82) is 0 Å². The second-order valence-electron chi connectivity index (χ2n) is 4.74. The fraction of sp³-hybridized carbons (Fsp3) is 0.250. The van der Waals surface area contributed by atoms with Crippen LogP contribution in [-0.4, -0.2) is 27.5 Å². The zero-order chi connectivity index (χ0) is 15.6. The molecule has 6 heteroatoms. The van der Waals surface area contributed by atoms with Gasteiger partial charge in [-0.25, -0.2) is 4.79 Å². The van der Waals surface area contributed by atoms with Crippen LogP contribution in [-0.2, 0) is 23.1 Å². The number of rotatable bonds is 7. The number of pyridine rings is 1. The molecule has 1 aromatic carbocycles. The summed E-state index contributed by atoms with van der Waals surface area (Å²) in [6.07, 6.45) is 3.36. The molecule has 0 radical (unpaired) electrons. The molecule has 0 aliphatic rings. The van der Waals surface area contributed by atoms with Crippen LogP contribution in [0.4, 0.5) is 4.79 Å². The van der Waals surface area contributed by atoms with Gasteiger partial charge in [0.25, 0.3) is 0 Å². The Balaban J connectivity index is 1.61. The van der Waals surface area contributed by atoms with Gasteiger partial charge < -0.3 is 10.6 Å². The van der Waals surface area contributed by atoms with E-state index in [2.05, 4.69) is 15.6 Å². The van der Waals surface area contributed by atoms with Crippen molar-refractivity contribution < 1.29 is 9.00 Å². The van der Waals surface area contributed by atoms with E-state index < -0.39 is 10.8 Å². The maximum atomic E-state index is 11.9. The van der Waals surface area contributed by atoms with Crippen molar-refractivity contribution in [3.8, 4) is 0 Å². The lowest BCUT2D eigenvalue weighted by molar-refractivity contribution is 0.241. The third-order valence-corrected chi connectivity index (χ3v) is 4.30. The minimum atomic E-state index is -0.978. The van der Waals surface area contributed by atoms with Crippen molar-refractivity contribution in [2.75, 3.05) is 12.3 Å². The average Bonchev–Trinajstić information content (AvgIpc) is 2.55. The van der Waals surface area contributed by atoms with E-state index in [1.165, 1.54) is 0 Å². The van der Waals surface area contributed by atoms with Gasteiger partial charge >= 0.3 is 6.03 Å². The molecule has 1 atom stereocenters. The van der Waals surface area contributed by atoms with Gasteiger partial charge in [0, 0.05) is 47.8 Å². The highest BCUT2D eigenvalue weighted by Gasteiger charge is 2.04. The molecule has 0 bridgehead atoms. The fourth-order valence-electron chi connectivity index (χ4n) is 1.86. The third-order valence-electron chi connectivity index (χ3n) is 2.99. The Bertz CT molecular complexity index is 605. The summed E-state index contributed by atoms with van der Waals surface area (Å²) in [6.45, 7) is 0.836. The van der Waals surface area contributed by atoms with Crippen molar-refractivity contribution in [1.82, 2.24) is 15.6 Å². The fourth-order valence-corrected chi connectivity index (χ4v) is 2.89. The van der Waals surface area contributed by atoms with Crippen LogP contribution in [0, 0.1) is 0 Å². The van der Waals surface area contributed by atoms with Crippen molar-refractivity contribution in [2.24, 2.45) is 0 Å². The number of aromatic nitrogens is 1. The third kappa shape index (κ3) is 6.05. The van der Waals surface area contributed by atoms with E-state index in [0.29, 0.717) is 24.6 Å².